The van der Waals surface area contributed by atoms with Gasteiger partial charge >= 0.3 is 5.69 Å². The van der Waals surface area contributed by atoms with Crippen molar-refractivity contribution in [1.29, 1.82) is 0 Å². The third-order valence-electron chi connectivity index (χ3n) is 3.33. The van der Waals surface area contributed by atoms with Crippen LogP contribution in [0.25, 0.3) is 0 Å². The van der Waals surface area contributed by atoms with Crippen molar-refractivity contribution in [3.63, 3.8) is 0 Å². The zero-order valence-corrected chi connectivity index (χ0v) is 9.93. The fourth-order valence-corrected chi connectivity index (χ4v) is 2.05. The molecule has 0 atom stereocenters. The molecule has 0 aliphatic carbocycles. The Morgan fingerprint density at radius 1 is 1.47 bits per heavy atom. The summed E-state index contributed by atoms with van der Waals surface area (Å²) in [5.74, 6) is -0.233. The van der Waals surface area contributed by atoms with Gasteiger partial charge in [0.1, 0.15) is 5.69 Å². The minimum Gasteiger partial charge on any atom is -0.350 e. The zero-order chi connectivity index (χ0) is 12.3. The Kier molecular flexibility index (Phi) is 3.33. The number of rotatable bonds is 3. The molecule has 1 saturated heterocycles. The van der Waals surface area contributed by atoms with Gasteiger partial charge < -0.3 is 20.6 Å². The van der Waals surface area contributed by atoms with Crippen molar-refractivity contribution in [2.24, 2.45) is 5.41 Å². The zero-order valence-electron chi connectivity index (χ0n) is 9.93. The van der Waals surface area contributed by atoms with E-state index < -0.39 is 0 Å². The molecule has 4 N–H and O–H groups in total. The van der Waals surface area contributed by atoms with Crippen molar-refractivity contribution < 1.29 is 4.79 Å². The van der Waals surface area contributed by atoms with Crippen molar-refractivity contribution in [3.05, 3.63) is 22.4 Å². The molecule has 6 heteroatoms. The van der Waals surface area contributed by atoms with Gasteiger partial charge in [-0.3, -0.25) is 4.79 Å². The number of carbonyl (C=O) groups is 1. The van der Waals surface area contributed by atoms with Crippen molar-refractivity contribution in [2.45, 2.75) is 19.8 Å². The van der Waals surface area contributed by atoms with Gasteiger partial charge in [0, 0.05) is 12.7 Å². The number of nitrogens with one attached hydrogen (secondary N) is 4. The molecule has 6 nitrogen and oxygen atoms in total. The molecule has 0 aromatic carbocycles. The highest BCUT2D eigenvalue weighted by Crippen LogP contribution is 2.26. The highest BCUT2D eigenvalue weighted by molar-refractivity contribution is 5.91. The Hall–Kier alpha value is -1.56. The van der Waals surface area contributed by atoms with Crippen LogP contribution in [-0.4, -0.2) is 35.5 Å². The molecule has 17 heavy (non-hydrogen) atoms. The fourth-order valence-electron chi connectivity index (χ4n) is 2.05. The first kappa shape index (κ1) is 11.9. The van der Waals surface area contributed by atoms with E-state index in [2.05, 4.69) is 27.5 Å². The Balaban J connectivity index is 1.89. The SMILES string of the molecule is CC1(CNC(=O)c2c[nH]c(=O)[nH]2)CCNCC1. The number of hydrogen-bond donors (Lipinski definition) is 4. The van der Waals surface area contributed by atoms with Crippen LogP contribution in [-0.2, 0) is 0 Å². The van der Waals surface area contributed by atoms with E-state index in [1.165, 1.54) is 6.20 Å². The molecule has 94 valence electrons. The first-order valence-electron chi connectivity index (χ1n) is 5.86. The van der Waals surface area contributed by atoms with Crippen LogP contribution in [0.3, 0.4) is 0 Å². The second-order valence-electron chi connectivity index (χ2n) is 4.90. The van der Waals surface area contributed by atoms with Crippen LogP contribution < -0.4 is 16.3 Å². The topological polar surface area (TPSA) is 89.8 Å². The summed E-state index contributed by atoms with van der Waals surface area (Å²) in [5, 5.41) is 6.16. The smallest absolute Gasteiger partial charge is 0.323 e. The Morgan fingerprint density at radius 2 is 2.18 bits per heavy atom. The molecule has 1 aromatic heterocycles. The van der Waals surface area contributed by atoms with E-state index in [1.54, 1.807) is 0 Å². The Labute approximate surface area is 99.2 Å². The third-order valence-corrected chi connectivity index (χ3v) is 3.33. The largest absolute Gasteiger partial charge is 0.350 e. The van der Waals surface area contributed by atoms with Crippen molar-refractivity contribution in [1.82, 2.24) is 20.6 Å². The Bertz CT molecular complexity index is 442. The summed E-state index contributed by atoms with van der Waals surface area (Å²) < 4.78 is 0. The monoisotopic (exact) mass is 238 g/mol. The molecule has 1 fully saturated rings. The highest BCUT2D eigenvalue weighted by Gasteiger charge is 2.27. The second kappa shape index (κ2) is 4.75. The van der Waals surface area contributed by atoms with Gasteiger partial charge in [-0.2, -0.15) is 0 Å². The van der Waals surface area contributed by atoms with Gasteiger partial charge in [-0.1, -0.05) is 6.92 Å². The van der Waals surface area contributed by atoms with Gasteiger partial charge in [-0.15, -0.1) is 0 Å². The van der Waals surface area contributed by atoms with Crippen LogP contribution in [0, 0.1) is 5.41 Å². The van der Waals surface area contributed by atoms with Crippen LogP contribution in [0.4, 0.5) is 0 Å². The fraction of sp³-hybridized carbons (Fsp3) is 0.636. The van der Waals surface area contributed by atoms with Gasteiger partial charge in [0.05, 0.1) is 0 Å². The van der Waals surface area contributed by atoms with Crippen LogP contribution in [0.15, 0.2) is 11.0 Å². The first-order chi connectivity index (χ1) is 8.09. The lowest BCUT2D eigenvalue weighted by molar-refractivity contribution is 0.0917. The molecule has 0 saturated carbocycles. The number of imidazole rings is 1. The standard InChI is InChI=1S/C11H18N4O2/c1-11(2-4-12-5-3-11)7-14-9(16)8-6-13-10(17)15-8/h6,12H,2-5,7H2,1H3,(H,14,16)(H2,13,15,17). The molecule has 1 aromatic rings. The molecule has 1 amide bonds. The normalized spacial score (nSPS) is 18.9. The third kappa shape index (κ3) is 2.97. The minimum absolute atomic E-state index is 0.150. The summed E-state index contributed by atoms with van der Waals surface area (Å²) in [7, 11) is 0. The maximum absolute atomic E-state index is 11.7. The number of carbonyl (C=O) groups excluding carboxylic acids is 1. The molecular formula is C11H18N4O2. The molecule has 0 radical (unpaired) electrons. The molecule has 0 unspecified atom stereocenters. The van der Waals surface area contributed by atoms with Crippen LogP contribution in [0.2, 0.25) is 0 Å². The van der Waals surface area contributed by atoms with Gasteiger partial charge in [0.2, 0.25) is 0 Å². The summed E-state index contributed by atoms with van der Waals surface area (Å²) in [4.78, 5) is 27.4. The van der Waals surface area contributed by atoms with Crippen molar-refractivity contribution >= 4 is 5.91 Å². The predicted molar refractivity (Wildman–Crippen MR) is 64.0 cm³/mol. The van der Waals surface area contributed by atoms with Crippen LogP contribution >= 0.6 is 0 Å². The van der Waals surface area contributed by atoms with Gasteiger partial charge in [0.15, 0.2) is 0 Å². The van der Waals surface area contributed by atoms with E-state index in [-0.39, 0.29) is 22.7 Å². The van der Waals surface area contributed by atoms with Gasteiger partial charge in [-0.05, 0) is 31.3 Å². The van der Waals surface area contributed by atoms with Gasteiger partial charge in [0.25, 0.3) is 5.91 Å². The number of H-pyrrole nitrogens is 2. The molecule has 0 spiro atoms. The Morgan fingerprint density at radius 3 is 2.76 bits per heavy atom. The van der Waals surface area contributed by atoms with Crippen LogP contribution in [0.5, 0.6) is 0 Å². The van der Waals surface area contributed by atoms with E-state index in [9.17, 15) is 9.59 Å². The summed E-state index contributed by atoms with van der Waals surface area (Å²) >= 11 is 0. The number of hydrogen-bond acceptors (Lipinski definition) is 3. The van der Waals surface area contributed by atoms with Gasteiger partial charge in [-0.25, -0.2) is 4.79 Å². The molecule has 1 aliphatic heterocycles. The average molecular weight is 238 g/mol. The van der Waals surface area contributed by atoms with E-state index in [1.807, 2.05) is 0 Å². The lowest BCUT2D eigenvalue weighted by Gasteiger charge is -2.34. The second-order valence-corrected chi connectivity index (χ2v) is 4.90. The molecule has 0 bridgehead atoms. The van der Waals surface area contributed by atoms with E-state index >= 15 is 0 Å². The highest BCUT2D eigenvalue weighted by atomic mass is 16.2. The number of aromatic nitrogens is 2. The first-order valence-corrected chi connectivity index (χ1v) is 5.86. The van der Waals surface area contributed by atoms with Crippen molar-refractivity contribution in [2.75, 3.05) is 19.6 Å². The molecular weight excluding hydrogens is 220 g/mol. The number of aromatic amines is 2. The van der Waals surface area contributed by atoms with E-state index in [4.69, 9.17) is 0 Å². The molecule has 1 aliphatic rings. The lowest BCUT2D eigenvalue weighted by atomic mass is 9.81. The van der Waals surface area contributed by atoms with E-state index in [0.29, 0.717) is 6.54 Å². The average Bonchev–Trinajstić information content (AvgIpc) is 2.74. The number of piperidine rings is 1. The summed E-state index contributed by atoms with van der Waals surface area (Å²) in [5.41, 5.74) is 0.0769. The van der Waals surface area contributed by atoms with Crippen molar-refractivity contribution in [3.8, 4) is 0 Å². The molecule has 2 heterocycles. The van der Waals surface area contributed by atoms with Crippen LogP contribution in [0.1, 0.15) is 30.3 Å². The summed E-state index contributed by atoms with van der Waals surface area (Å²) in [6.07, 6.45) is 3.50. The maximum Gasteiger partial charge on any atom is 0.323 e. The molecule has 2 rings (SSSR count). The predicted octanol–water partition coefficient (Wildman–Crippen LogP) is -0.177. The maximum atomic E-state index is 11.7. The summed E-state index contributed by atoms with van der Waals surface area (Å²) in [6.45, 7) is 4.80. The summed E-state index contributed by atoms with van der Waals surface area (Å²) in [6, 6.07) is 0. The number of amides is 1. The van der Waals surface area contributed by atoms with E-state index in [0.717, 1.165) is 25.9 Å². The minimum atomic E-state index is -0.358. The quantitative estimate of drug-likeness (QED) is 0.589. The lowest BCUT2D eigenvalue weighted by Crippen LogP contribution is -2.43.